The maximum Gasteiger partial charge on any atom is 0.258 e. The van der Waals surface area contributed by atoms with Crippen LogP contribution in [0.5, 0.6) is 0 Å². The monoisotopic (exact) mass is 392 g/mol. The van der Waals surface area contributed by atoms with Gasteiger partial charge < -0.3 is 0 Å². The molecule has 1 aromatic carbocycles. The molecule has 0 unspecified atom stereocenters. The second-order valence-corrected chi connectivity index (χ2v) is 10.3. The first-order valence-corrected chi connectivity index (χ1v) is 10.7. The standard InChI is InChI=1S/C21H26Cl2N2O/c1-21(2)20(26)25(24(21)11-14-3-4-17(22)10-18(14)23)19-15-6-12-5-13(8-15)9-16(19)7-12/h3-4,10,12-13,15-16,19H,5-9,11H2,1-2H3. The molecule has 3 nitrogen and oxygen atoms in total. The molecule has 0 radical (unpaired) electrons. The summed E-state index contributed by atoms with van der Waals surface area (Å²) < 4.78 is 0. The summed E-state index contributed by atoms with van der Waals surface area (Å²) in [6.07, 6.45) is 6.70. The maximum atomic E-state index is 13.1. The molecule has 1 aliphatic heterocycles. The van der Waals surface area contributed by atoms with E-state index in [0.29, 0.717) is 34.5 Å². The molecule has 1 amide bonds. The van der Waals surface area contributed by atoms with Crippen LogP contribution in [0.1, 0.15) is 51.5 Å². The van der Waals surface area contributed by atoms with Gasteiger partial charge in [-0.25, -0.2) is 0 Å². The van der Waals surface area contributed by atoms with Crippen LogP contribution in [0, 0.1) is 23.7 Å². The van der Waals surface area contributed by atoms with Gasteiger partial charge in [-0.1, -0.05) is 29.3 Å². The van der Waals surface area contributed by atoms with Gasteiger partial charge in [-0.2, -0.15) is 5.01 Å². The highest BCUT2D eigenvalue weighted by Gasteiger charge is 2.60. The number of rotatable bonds is 3. The SMILES string of the molecule is CC1(C)C(=O)N(C2C3CC4CC(C3)CC2C4)N1Cc1ccc(Cl)cc1Cl. The number of hydrogen-bond donors (Lipinski definition) is 0. The van der Waals surface area contributed by atoms with Crippen LogP contribution in [0.25, 0.3) is 0 Å². The minimum atomic E-state index is -0.461. The van der Waals surface area contributed by atoms with Gasteiger partial charge >= 0.3 is 0 Å². The lowest BCUT2D eigenvalue weighted by atomic mass is 9.53. The molecule has 0 spiro atoms. The number of nitrogens with zero attached hydrogens (tertiary/aromatic N) is 2. The van der Waals surface area contributed by atoms with E-state index in [4.69, 9.17) is 23.2 Å². The number of amides is 1. The lowest BCUT2D eigenvalue weighted by molar-refractivity contribution is -0.251. The zero-order chi connectivity index (χ0) is 18.2. The lowest BCUT2D eigenvalue weighted by Gasteiger charge is -2.65. The zero-order valence-corrected chi connectivity index (χ0v) is 16.9. The molecule has 6 rings (SSSR count). The van der Waals surface area contributed by atoms with Gasteiger partial charge in [0.05, 0.1) is 6.04 Å². The predicted molar refractivity (Wildman–Crippen MR) is 104 cm³/mol. The largest absolute Gasteiger partial charge is 0.271 e. The molecule has 140 valence electrons. The van der Waals surface area contributed by atoms with Crippen molar-refractivity contribution < 1.29 is 4.79 Å². The summed E-state index contributed by atoms with van der Waals surface area (Å²) >= 11 is 12.5. The summed E-state index contributed by atoms with van der Waals surface area (Å²) in [6, 6.07) is 6.05. The van der Waals surface area contributed by atoms with E-state index in [0.717, 1.165) is 17.4 Å². The molecule has 4 saturated carbocycles. The van der Waals surface area contributed by atoms with Gasteiger partial charge in [0.2, 0.25) is 0 Å². The molecule has 26 heavy (non-hydrogen) atoms. The van der Waals surface area contributed by atoms with Crippen molar-refractivity contribution in [3.8, 4) is 0 Å². The highest BCUT2D eigenvalue weighted by atomic mass is 35.5. The smallest absolute Gasteiger partial charge is 0.258 e. The van der Waals surface area contributed by atoms with E-state index in [1.165, 1.54) is 32.1 Å². The van der Waals surface area contributed by atoms with Crippen molar-refractivity contribution in [3.63, 3.8) is 0 Å². The molecule has 5 heteroatoms. The van der Waals surface area contributed by atoms with Crippen molar-refractivity contribution in [3.05, 3.63) is 33.8 Å². The molecule has 0 N–H and O–H groups in total. The van der Waals surface area contributed by atoms with E-state index >= 15 is 0 Å². The quantitative estimate of drug-likeness (QED) is 0.709. The average Bonchev–Trinajstić information content (AvgIpc) is 2.57. The third kappa shape index (κ3) is 2.47. The second kappa shape index (κ2) is 5.86. The summed E-state index contributed by atoms with van der Waals surface area (Å²) in [5, 5.41) is 5.71. The van der Waals surface area contributed by atoms with Crippen molar-refractivity contribution in [2.75, 3.05) is 0 Å². The van der Waals surface area contributed by atoms with Gasteiger partial charge in [0.15, 0.2) is 0 Å². The van der Waals surface area contributed by atoms with Gasteiger partial charge in [-0.05, 0) is 87.3 Å². The minimum absolute atomic E-state index is 0.278. The van der Waals surface area contributed by atoms with E-state index < -0.39 is 5.54 Å². The maximum absolute atomic E-state index is 13.1. The Labute approximate surface area is 165 Å². The van der Waals surface area contributed by atoms with Crippen LogP contribution in [-0.2, 0) is 11.3 Å². The minimum Gasteiger partial charge on any atom is -0.271 e. The number of benzene rings is 1. The van der Waals surface area contributed by atoms with Gasteiger partial charge in [0.1, 0.15) is 5.54 Å². The zero-order valence-electron chi connectivity index (χ0n) is 15.4. The van der Waals surface area contributed by atoms with Crippen LogP contribution in [0.4, 0.5) is 0 Å². The van der Waals surface area contributed by atoms with E-state index in [1.807, 2.05) is 26.0 Å². The molecule has 0 atom stereocenters. The Balaban J connectivity index is 1.43. The second-order valence-electron chi connectivity index (χ2n) is 9.42. The summed E-state index contributed by atoms with van der Waals surface area (Å²) in [4.78, 5) is 13.1. The molecule has 5 aliphatic rings. The molecule has 1 heterocycles. The topological polar surface area (TPSA) is 23.6 Å². The Morgan fingerprint density at radius 2 is 1.65 bits per heavy atom. The first-order chi connectivity index (χ1) is 12.3. The molecular weight excluding hydrogens is 367 g/mol. The van der Waals surface area contributed by atoms with Crippen molar-refractivity contribution >= 4 is 29.1 Å². The Morgan fingerprint density at radius 3 is 2.23 bits per heavy atom. The van der Waals surface area contributed by atoms with Crippen LogP contribution < -0.4 is 0 Å². The van der Waals surface area contributed by atoms with E-state index in [-0.39, 0.29) is 5.91 Å². The number of hydrazine groups is 1. The number of carbonyl (C=O) groups excluding carboxylic acids is 1. The van der Waals surface area contributed by atoms with Crippen molar-refractivity contribution in [2.24, 2.45) is 23.7 Å². The molecule has 1 aromatic rings. The highest BCUT2D eigenvalue weighted by Crippen LogP contribution is 2.57. The van der Waals surface area contributed by atoms with Crippen LogP contribution in [0.3, 0.4) is 0 Å². The lowest BCUT2D eigenvalue weighted by Crippen LogP contribution is -2.79. The van der Waals surface area contributed by atoms with Gasteiger partial charge in [0.25, 0.3) is 5.91 Å². The van der Waals surface area contributed by atoms with Crippen molar-refractivity contribution in [1.82, 2.24) is 10.0 Å². The molecule has 1 saturated heterocycles. The summed E-state index contributed by atoms with van der Waals surface area (Å²) in [7, 11) is 0. The average molecular weight is 393 g/mol. The van der Waals surface area contributed by atoms with Gasteiger partial charge in [-0.3, -0.25) is 9.80 Å². The van der Waals surface area contributed by atoms with Crippen LogP contribution >= 0.6 is 23.2 Å². The fourth-order valence-corrected chi connectivity index (χ4v) is 6.87. The molecule has 5 fully saturated rings. The fraction of sp³-hybridized carbons (Fsp3) is 0.667. The van der Waals surface area contributed by atoms with Crippen molar-refractivity contribution in [2.45, 2.75) is 64.1 Å². The van der Waals surface area contributed by atoms with E-state index in [9.17, 15) is 4.79 Å². The Kier molecular flexibility index (Phi) is 3.91. The fourth-order valence-electron chi connectivity index (χ4n) is 6.40. The van der Waals surface area contributed by atoms with E-state index in [2.05, 4.69) is 10.0 Å². The van der Waals surface area contributed by atoms with Crippen LogP contribution in [-0.4, -0.2) is 27.5 Å². The Bertz CT molecular complexity index is 734. The first-order valence-electron chi connectivity index (χ1n) is 9.89. The van der Waals surface area contributed by atoms with Crippen LogP contribution in [0.2, 0.25) is 10.0 Å². The highest BCUT2D eigenvalue weighted by molar-refractivity contribution is 6.35. The molecule has 4 aliphatic carbocycles. The molecule has 0 aromatic heterocycles. The third-order valence-electron chi connectivity index (χ3n) is 7.43. The summed E-state index contributed by atoms with van der Waals surface area (Å²) in [5.41, 5.74) is 0.572. The number of halogens is 2. The Morgan fingerprint density at radius 1 is 1.04 bits per heavy atom. The number of carbonyl (C=O) groups is 1. The first kappa shape index (κ1) is 17.3. The van der Waals surface area contributed by atoms with Gasteiger partial charge in [-0.15, -0.1) is 0 Å². The van der Waals surface area contributed by atoms with E-state index in [1.54, 1.807) is 6.07 Å². The third-order valence-corrected chi connectivity index (χ3v) is 8.02. The normalized spacial score (nSPS) is 37.9. The van der Waals surface area contributed by atoms with Crippen molar-refractivity contribution in [1.29, 1.82) is 0 Å². The predicted octanol–water partition coefficient (Wildman–Crippen LogP) is 5.16. The Hall–Kier alpha value is -0.770. The number of hydrogen-bond acceptors (Lipinski definition) is 2. The summed E-state index contributed by atoms with van der Waals surface area (Å²) in [6.45, 7) is 4.73. The molecule has 4 bridgehead atoms. The molecular formula is C21H26Cl2N2O. The van der Waals surface area contributed by atoms with Crippen LogP contribution in [0.15, 0.2) is 18.2 Å². The van der Waals surface area contributed by atoms with Gasteiger partial charge in [0, 0.05) is 16.6 Å². The summed E-state index contributed by atoms with van der Waals surface area (Å²) in [5.74, 6) is 3.48.